The zero-order valence-corrected chi connectivity index (χ0v) is 19.5. The van der Waals surface area contributed by atoms with Gasteiger partial charge in [0.15, 0.2) is 0 Å². The summed E-state index contributed by atoms with van der Waals surface area (Å²) in [4.78, 5) is 0. The normalized spacial score (nSPS) is 11.5. The number of unbranched alkanes of at least 4 members (excludes halogenated alkanes) is 15. The second kappa shape index (κ2) is 15.0. The van der Waals surface area contributed by atoms with Gasteiger partial charge in [0, 0.05) is 19.4 Å². The van der Waals surface area contributed by atoms with E-state index in [1.165, 1.54) is 125 Å². The lowest BCUT2D eigenvalue weighted by atomic mass is 10.0. The van der Waals surface area contributed by atoms with Crippen LogP contribution >= 0.6 is 11.3 Å². The Morgan fingerprint density at radius 3 is 1.64 bits per heavy atom. The van der Waals surface area contributed by atoms with Crippen LogP contribution in [0.4, 0.5) is 0 Å². The highest BCUT2D eigenvalue weighted by atomic mass is 32.1. The Bertz CT molecular complexity index is 630. The highest BCUT2D eigenvalue weighted by Crippen LogP contribution is 2.20. The van der Waals surface area contributed by atoms with Crippen molar-refractivity contribution in [3.63, 3.8) is 0 Å². The van der Waals surface area contributed by atoms with Crippen LogP contribution in [-0.2, 0) is 6.54 Å². The van der Waals surface area contributed by atoms with E-state index < -0.39 is 0 Å². The van der Waals surface area contributed by atoms with Crippen LogP contribution < -0.4 is 4.57 Å². The van der Waals surface area contributed by atoms with Gasteiger partial charge in [0.1, 0.15) is 11.2 Å². The molecule has 2 rings (SSSR count). The van der Waals surface area contributed by atoms with Crippen LogP contribution in [0.1, 0.15) is 115 Å². The Morgan fingerprint density at radius 1 is 0.643 bits per heavy atom. The van der Waals surface area contributed by atoms with E-state index in [0.717, 1.165) is 0 Å². The van der Waals surface area contributed by atoms with E-state index >= 15 is 0 Å². The van der Waals surface area contributed by atoms with Crippen molar-refractivity contribution >= 4 is 21.6 Å². The minimum atomic E-state index is 1.19. The molecule has 0 radical (unpaired) electrons. The molecule has 28 heavy (non-hydrogen) atoms. The lowest BCUT2D eigenvalue weighted by molar-refractivity contribution is -0.673. The lowest BCUT2D eigenvalue weighted by Gasteiger charge is -2.03. The SMILES string of the molecule is CCCCCCCCCCCCCCCCCC[n+]1c(C)sc2ccccc21. The van der Waals surface area contributed by atoms with Crippen molar-refractivity contribution in [3.05, 3.63) is 29.3 Å². The summed E-state index contributed by atoms with van der Waals surface area (Å²) in [5.74, 6) is 0. The summed E-state index contributed by atoms with van der Waals surface area (Å²) in [7, 11) is 0. The van der Waals surface area contributed by atoms with Crippen LogP contribution in [0, 0.1) is 6.92 Å². The molecular weight excluding hydrogens is 358 g/mol. The summed E-state index contributed by atoms with van der Waals surface area (Å²) >= 11 is 1.93. The molecule has 0 N–H and O–H groups in total. The van der Waals surface area contributed by atoms with Gasteiger partial charge in [-0.15, -0.1) is 0 Å². The predicted octanol–water partition coefficient (Wildman–Crippen LogP) is 8.76. The number of rotatable bonds is 17. The van der Waals surface area contributed by atoms with Crippen LogP contribution in [0.5, 0.6) is 0 Å². The van der Waals surface area contributed by atoms with E-state index in [2.05, 4.69) is 42.7 Å². The smallest absolute Gasteiger partial charge is 0.186 e. The summed E-state index contributed by atoms with van der Waals surface area (Å²) in [6.07, 6.45) is 23.0. The largest absolute Gasteiger partial charge is 0.235 e. The molecule has 0 unspecified atom stereocenters. The fraction of sp³-hybridized carbons (Fsp3) is 0.731. The third kappa shape index (κ3) is 9.07. The van der Waals surface area contributed by atoms with Crippen molar-refractivity contribution in [2.24, 2.45) is 0 Å². The maximum atomic E-state index is 2.52. The minimum Gasteiger partial charge on any atom is -0.186 e. The van der Waals surface area contributed by atoms with Gasteiger partial charge in [-0.2, -0.15) is 4.57 Å². The molecule has 1 heterocycles. The molecule has 0 fully saturated rings. The number of para-hydroxylation sites is 1. The Kier molecular flexibility index (Phi) is 12.5. The van der Waals surface area contributed by atoms with Crippen molar-refractivity contribution in [2.45, 2.75) is 123 Å². The molecule has 0 saturated heterocycles. The number of nitrogens with zero attached hydrogens (tertiary/aromatic N) is 1. The molecule has 0 atom stereocenters. The first kappa shape index (κ1) is 23.4. The number of benzene rings is 1. The number of aromatic nitrogens is 1. The van der Waals surface area contributed by atoms with Gasteiger partial charge in [-0.05, 0) is 12.5 Å². The summed E-state index contributed by atoms with van der Waals surface area (Å²) < 4.78 is 3.94. The second-order valence-electron chi connectivity index (χ2n) is 8.54. The van der Waals surface area contributed by atoms with E-state index in [4.69, 9.17) is 0 Å². The number of hydrogen-bond donors (Lipinski definition) is 0. The highest BCUT2D eigenvalue weighted by Gasteiger charge is 2.15. The molecule has 2 heteroatoms. The predicted molar refractivity (Wildman–Crippen MR) is 126 cm³/mol. The van der Waals surface area contributed by atoms with Gasteiger partial charge >= 0.3 is 0 Å². The van der Waals surface area contributed by atoms with Gasteiger partial charge in [-0.3, -0.25) is 0 Å². The molecule has 0 aliphatic rings. The maximum Gasteiger partial charge on any atom is 0.235 e. The molecule has 158 valence electrons. The molecule has 0 saturated carbocycles. The van der Waals surface area contributed by atoms with Crippen LogP contribution in [0.25, 0.3) is 10.2 Å². The van der Waals surface area contributed by atoms with Crippen molar-refractivity contribution < 1.29 is 4.57 Å². The van der Waals surface area contributed by atoms with E-state index in [1.807, 2.05) is 11.3 Å². The fourth-order valence-electron chi connectivity index (χ4n) is 4.25. The summed E-state index contributed by atoms with van der Waals surface area (Å²) in [6.45, 7) is 5.75. The van der Waals surface area contributed by atoms with E-state index in [0.29, 0.717) is 0 Å². The first-order valence-corrected chi connectivity index (χ1v) is 13.0. The number of hydrogen-bond acceptors (Lipinski definition) is 1. The second-order valence-corrected chi connectivity index (χ2v) is 9.78. The third-order valence-corrected chi connectivity index (χ3v) is 7.11. The maximum absolute atomic E-state index is 2.52. The van der Waals surface area contributed by atoms with Crippen molar-refractivity contribution in [3.8, 4) is 0 Å². The molecule has 0 bridgehead atoms. The third-order valence-electron chi connectivity index (χ3n) is 6.03. The average molecular weight is 403 g/mol. The molecule has 1 aromatic heterocycles. The number of aryl methyl sites for hydroxylation is 2. The molecular formula is C26H44NS+. The average Bonchev–Trinajstić information content (AvgIpc) is 3.03. The van der Waals surface area contributed by atoms with Gasteiger partial charge in [0.05, 0.1) is 0 Å². The molecule has 2 aromatic rings. The van der Waals surface area contributed by atoms with Crippen molar-refractivity contribution in [1.29, 1.82) is 0 Å². The molecule has 0 spiro atoms. The van der Waals surface area contributed by atoms with Gasteiger partial charge in [0.2, 0.25) is 10.5 Å². The van der Waals surface area contributed by atoms with Gasteiger partial charge < -0.3 is 0 Å². The first-order valence-electron chi connectivity index (χ1n) is 12.2. The van der Waals surface area contributed by atoms with Crippen LogP contribution in [-0.4, -0.2) is 0 Å². The lowest BCUT2D eigenvalue weighted by Crippen LogP contribution is -2.34. The monoisotopic (exact) mass is 402 g/mol. The molecule has 0 aliphatic heterocycles. The zero-order valence-electron chi connectivity index (χ0n) is 18.7. The number of thiazole rings is 1. The van der Waals surface area contributed by atoms with Crippen LogP contribution in [0.3, 0.4) is 0 Å². The Hall–Kier alpha value is -0.890. The topological polar surface area (TPSA) is 3.88 Å². The van der Waals surface area contributed by atoms with E-state index in [-0.39, 0.29) is 0 Å². The van der Waals surface area contributed by atoms with Gasteiger partial charge in [-0.25, -0.2) is 0 Å². The van der Waals surface area contributed by atoms with Crippen molar-refractivity contribution in [1.82, 2.24) is 0 Å². The minimum absolute atomic E-state index is 1.19. The zero-order chi connectivity index (χ0) is 19.9. The van der Waals surface area contributed by atoms with Crippen LogP contribution in [0.2, 0.25) is 0 Å². The van der Waals surface area contributed by atoms with Crippen molar-refractivity contribution in [2.75, 3.05) is 0 Å². The Morgan fingerprint density at radius 2 is 1.11 bits per heavy atom. The Balaban J connectivity index is 1.38. The van der Waals surface area contributed by atoms with Crippen LogP contribution in [0.15, 0.2) is 24.3 Å². The first-order chi connectivity index (χ1) is 13.8. The molecule has 1 nitrogen and oxygen atoms in total. The summed E-state index contributed by atoms with van der Waals surface area (Å²) in [5.41, 5.74) is 1.42. The standard InChI is InChI=1S/C26H44NS/c1-3-4-5-6-7-8-9-10-11-12-13-14-15-16-17-20-23-27-24(2)28-26-22-19-18-21-25(26)27/h18-19,21-22H,3-17,20,23H2,1-2H3/q+1. The molecule has 1 aromatic carbocycles. The Labute approximate surface area is 178 Å². The summed E-state index contributed by atoms with van der Waals surface area (Å²) in [5, 5.41) is 1.45. The highest BCUT2D eigenvalue weighted by molar-refractivity contribution is 7.18. The number of fused-ring (bicyclic) bond motifs is 1. The van der Waals surface area contributed by atoms with Gasteiger partial charge in [-0.1, -0.05) is 120 Å². The van der Waals surface area contributed by atoms with E-state index in [1.54, 1.807) is 0 Å². The summed E-state index contributed by atoms with van der Waals surface area (Å²) in [6, 6.07) is 8.83. The quantitative estimate of drug-likeness (QED) is 0.184. The van der Waals surface area contributed by atoms with E-state index in [9.17, 15) is 0 Å². The fourth-order valence-corrected chi connectivity index (χ4v) is 5.29. The molecule has 0 amide bonds. The van der Waals surface area contributed by atoms with Gasteiger partial charge in [0.25, 0.3) is 0 Å². The molecule has 0 aliphatic carbocycles.